The summed E-state index contributed by atoms with van der Waals surface area (Å²) in [5.74, 6) is -0.211. The normalized spacial score (nSPS) is 11.6. The highest BCUT2D eigenvalue weighted by molar-refractivity contribution is 5.94. The Morgan fingerprint density at radius 2 is 2.00 bits per heavy atom. The molecule has 0 amide bonds. The highest BCUT2D eigenvalue weighted by Gasteiger charge is 2.35. The van der Waals surface area contributed by atoms with Crippen molar-refractivity contribution in [1.29, 1.82) is 0 Å². The molecule has 0 spiro atoms. The van der Waals surface area contributed by atoms with Crippen LogP contribution in [0, 0.1) is 0 Å². The first-order valence-corrected chi connectivity index (χ1v) is 5.12. The molecule has 1 aromatic carbocycles. The predicted octanol–water partition coefficient (Wildman–Crippen LogP) is 3.09. The van der Waals surface area contributed by atoms with Gasteiger partial charge in [-0.05, 0) is 25.1 Å². The Labute approximate surface area is 101 Å². The molecule has 0 aliphatic carbocycles. The van der Waals surface area contributed by atoms with Crippen LogP contribution in [0.3, 0.4) is 0 Å². The zero-order valence-electron chi connectivity index (χ0n) is 9.40. The molecule has 94 valence electrons. The van der Waals surface area contributed by atoms with Crippen LogP contribution < -0.4 is 0 Å². The Hall–Kier alpha value is -2.11. The van der Waals surface area contributed by atoms with Crippen molar-refractivity contribution < 1.29 is 18.0 Å². The summed E-state index contributed by atoms with van der Waals surface area (Å²) in [5, 5.41) is 3.64. The SMILES string of the molecule is CC(=O)c1cccc(-n2nccc2C(F)(F)F)c1. The summed E-state index contributed by atoms with van der Waals surface area (Å²) in [6.45, 7) is 1.35. The number of halogens is 3. The lowest BCUT2D eigenvalue weighted by Crippen LogP contribution is -2.13. The Morgan fingerprint density at radius 1 is 1.28 bits per heavy atom. The number of hydrogen-bond donors (Lipinski definition) is 0. The zero-order valence-corrected chi connectivity index (χ0v) is 9.40. The number of carbonyl (C=O) groups excluding carboxylic acids is 1. The van der Waals surface area contributed by atoms with Crippen LogP contribution in [0.25, 0.3) is 5.69 Å². The summed E-state index contributed by atoms with van der Waals surface area (Å²) in [4.78, 5) is 11.2. The molecule has 0 aliphatic rings. The van der Waals surface area contributed by atoms with Gasteiger partial charge in [0.15, 0.2) is 5.78 Å². The van der Waals surface area contributed by atoms with Crippen molar-refractivity contribution in [3.63, 3.8) is 0 Å². The zero-order chi connectivity index (χ0) is 13.3. The van der Waals surface area contributed by atoms with Crippen LogP contribution in [-0.4, -0.2) is 15.6 Å². The molecule has 0 saturated carbocycles. The van der Waals surface area contributed by atoms with E-state index in [1.165, 1.54) is 25.1 Å². The van der Waals surface area contributed by atoms with Gasteiger partial charge in [0.25, 0.3) is 0 Å². The van der Waals surface area contributed by atoms with E-state index in [0.29, 0.717) is 5.56 Å². The summed E-state index contributed by atoms with van der Waals surface area (Å²) in [5.41, 5.74) is -0.320. The van der Waals surface area contributed by atoms with Gasteiger partial charge >= 0.3 is 6.18 Å². The Morgan fingerprint density at radius 3 is 2.61 bits per heavy atom. The van der Waals surface area contributed by atoms with Gasteiger partial charge in [-0.15, -0.1) is 0 Å². The fourth-order valence-corrected chi connectivity index (χ4v) is 1.58. The fourth-order valence-electron chi connectivity index (χ4n) is 1.58. The maximum Gasteiger partial charge on any atom is 0.433 e. The molecule has 0 bridgehead atoms. The molecule has 0 atom stereocenters. The maximum absolute atomic E-state index is 12.7. The molecule has 3 nitrogen and oxygen atoms in total. The minimum Gasteiger partial charge on any atom is -0.295 e. The Kier molecular flexibility index (Phi) is 2.94. The van der Waals surface area contributed by atoms with Gasteiger partial charge < -0.3 is 0 Å². The number of ketones is 1. The van der Waals surface area contributed by atoms with E-state index in [0.717, 1.165) is 16.9 Å². The molecule has 2 rings (SSSR count). The second kappa shape index (κ2) is 4.29. The molecule has 0 fully saturated rings. The predicted molar refractivity (Wildman–Crippen MR) is 58.6 cm³/mol. The molecule has 0 saturated heterocycles. The summed E-state index contributed by atoms with van der Waals surface area (Å²) in [7, 11) is 0. The van der Waals surface area contributed by atoms with Crippen molar-refractivity contribution in [1.82, 2.24) is 9.78 Å². The molecular formula is C12H9F3N2O. The van der Waals surface area contributed by atoms with E-state index in [1.54, 1.807) is 6.07 Å². The van der Waals surface area contributed by atoms with Crippen LogP contribution in [0.15, 0.2) is 36.5 Å². The number of carbonyl (C=O) groups is 1. The molecular weight excluding hydrogens is 245 g/mol. The molecule has 1 aromatic heterocycles. The van der Waals surface area contributed by atoms with Gasteiger partial charge in [0.2, 0.25) is 0 Å². The Balaban J connectivity index is 2.53. The van der Waals surface area contributed by atoms with E-state index in [1.807, 2.05) is 0 Å². The van der Waals surface area contributed by atoms with Crippen LogP contribution >= 0.6 is 0 Å². The number of alkyl halides is 3. The molecule has 0 radical (unpaired) electrons. The number of benzene rings is 1. The molecule has 0 unspecified atom stereocenters. The topological polar surface area (TPSA) is 34.9 Å². The highest BCUT2D eigenvalue weighted by atomic mass is 19.4. The first-order chi connectivity index (χ1) is 8.39. The average molecular weight is 254 g/mol. The molecule has 6 heteroatoms. The molecule has 0 N–H and O–H groups in total. The number of rotatable bonds is 2. The van der Waals surface area contributed by atoms with Gasteiger partial charge in [-0.25, -0.2) is 4.68 Å². The minimum atomic E-state index is -4.48. The second-order valence-corrected chi connectivity index (χ2v) is 3.73. The number of nitrogens with zero attached hydrogens (tertiary/aromatic N) is 2. The summed E-state index contributed by atoms with van der Waals surface area (Å²) in [6.07, 6.45) is -3.41. The largest absolute Gasteiger partial charge is 0.433 e. The molecule has 18 heavy (non-hydrogen) atoms. The van der Waals surface area contributed by atoms with Gasteiger partial charge in [-0.3, -0.25) is 4.79 Å². The van der Waals surface area contributed by atoms with Crippen LogP contribution in [0.1, 0.15) is 23.0 Å². The van der Waals surface area contributed by atoms with E-state index in [9.17, 15) is 18.0 Å². The maximum atomic E-state index is 12.7. The molecule has 2 aromatic rings. The van der Waals surface area contributed by atoms with Crippen molar-refractivity contribution in [3.8, 4) is 5.69 Å². The number of Topliss-reactive ketones (excluding diaryl/α,β-unsaturated/α-hetero) is 1. The first kappa shape index (κ1) is 12.3. The fraction of sp³-hybridized carbons (Fsp3) is 0.167. The van der Waals surface area contributed by atoms with E-state index in [2.05, 4.69) is 5.10 Å². The van der Waals surface area contributed by atoms with Crippen molar-refractivity contribution >= 4 is 5.78 Å². The standard InChI is InChI=1S/C12H9F3N2O/c1-8(18)9-3-2-4-10(7-9)17-11(5-6-16-17)12(13,14)15/h2-7H,1H3. The Bertz CT molecular complexity index is 587. The van der Waals surface area contributed by atoms with E-state index in [4.69, 9.17) is 0 Å². The summed E-state index contributed by atoms with van der Waals surface area (Å²) in [6, 6.07) is 6.80. The summed E-state index contributed by atoms with van der Waals surface area (Å²) >= 11 is 0. The van der Waals surface area contributed by atoms with Gasteiger partial charge in [0.05, 0.1) is 11.9 Å². The van der Waals surface area contributed by atoms with Crippen molar-refractivity contribution in [2.45, 2.75) is 13.1 Å². The third-order valence-corrected chi connectivity index (χ3v) is 2.43. The van der Waals surface area contributed by atoms with Gasteiger partial charge in [0, 0.05) is 5.56 Å². The number of hydrogen-bond acceptors (Lipinski definition) is 2. The van der Waals surface area contributed by atoms with Gasteiger partial charge in [0.1, 0.15) is 5.69 Å². The van der Waals surface area contributed by atoms with Crippen molar-refractivity contribution in [3.05, 3.63) is 47.8 Å². The van der Waals surface area contributed by atoms with E-state index < -0.39 is 11.9 Å². The van der Waals surface area contributed by atoms with Crippen LogP contribution in [0.4, 0.5) is 13.2 Å². The lowest BCUT2D eigenvalue weighted by molar-refractivity contribution is -0.142. The molecule has 1 heterocycles. The van der Waals surface area contributed by atoms with Gasteiger partial charge in [-0.1, -0.05) is 12.1 Å². The monoisotopic (exact) mass is 254 g/mol. The van der Waals surface area contributed by atoms with Crippen molar-refractivity contribution in [2.24, 2.45) is 0 Å². The highest BCUT2D eigenvalue weighted by Crippen LogP contribution is 2.30. The lowest BCUT2D eigenvalue weighted by Gasteiger charge is -2.10. The lowest BCUT2D eigenvalue weighted by atomic mass is 10.1. The second-order valence-electron chi connectivity index (χ2n) is 3.73. The minimum absolute atomic E-state index is 0.208. The summed E-state index contributed by atoms with van der Waals surface area (Å²) < 4.78 is 38.9. The molecule has 0 aliphatic heterocycles. The average Bonchev–Trinajstić information content (AvgIpc) is 2.77. The van der Waals surface area contributed by atoms with Crippen molar-refractivity contribution in [2.75, 3.05) is 0 Å². The van der Waals surface area contributed by atoms with Crippen LogP contribution in [-0.2, 0) is 6.18 Å². The quantitative estimate of drug-likeness (QED) is 0.772. The number of aromatic nitrogens is 2. The van der Waals surface area contributed by atoms with Crippen LogP contribution in [0.5, 0.6) is 0 Å². The van der Waals surface area contributed by atoms with Gasteiger partial charge in [-0.2, -0.15) is 18.3 Å². The third-order valence-electron chi connectivity index (χ3n) is 2.43. The third kappa shape index (κ3) is 2.27. The smallest absolute Gasteiger partial charge is 0.295 e. The van der Waals surface area contributed by atoms with E-state index in [-0.39, 0.29) is 11.5 Å². The van der Waals surface area contributed by atoms with E-state index >= 15 is 0 Å². The van der Waals surface area contributed by atoms with Crippen LogP contribution in [0.2, 0.25) is 0 Å². The first-order valence-electron chi connectivity index (χ1n) is 5.12.